The summed E-state index contributed by atoms with van der Waals surface area (Å²) in [5.74, 6) is -1.50. The minimum Gasteiger partial charge on any atom is -0.481 e. The van der Waals surface area contributed by atoms with Gasteiger partial charge in [0.25, 0.3) is 0 Å². The topological polar surface area (TPSA) is 74.6 Å². The van der Waals surface area contributed by atoms with Gasteiger partial charge in [0.1, 0.15) is 0 Å². The van der Waals surface area contributed by atoms with Crippen molar-refractivity contribution in [2.75, 3.05) is 0 Å². The number of aliphatic carboxylic acids is 2. The molecular formula is C31H42O4. The molecule has 2 unspecified atom stereocenters. The largest absolute Gasteiger partial charge is 0.481 e. The van der Waals surface area contributed by atoms with E-state index in [1.165, 1.54) is 0 Å². The first kappa shape index (κ1) is 28.4. The summed E-state index contributed by atoms with van der Waals surface area (Å²) in [6.07, 6.45) is 15.1. The Morgan fingerprint density at radius 2 is 0.943 bits per heavy atom. The van der Waals surface area contributed by atoms with Gasteiger partial charge in [0.05, 0.1) is 10.8 Å². The second-order valence-corrected chi connectivity index (χ2v) is 10.0. The lowest BCUT2D eigenvalue weighted by Crippen LogP contribution is -2.32. The average molecular weight is 479 g/mol. The summed E-state index contributed by atoms with van der Waals surface area (Å²) < 4.78 is 0. The van der Waals surface area contributed by atoms with E-state index in [0.29, 0.717) is 12.8 Å². The summed E-state index contributed by atoms with van der Waals surface area (Å²) in [5.41, 5.74) is 0.118. The Kier molecular flexibility index (Phi) is 11.8. The van der Waals surface area contributed by atoms with Gasteiger partial charge in [0.2, 0.25) is 0 Å². The Bertz CT molecular complexity index is 922. The summed E-state index contributed by atoms with van der Waals surface area (Å²) in [7, 11) is 0. The van der Waals surface area contributed by atoms with Crippen LogP contribution < -0.4 is 0 Å². The predicted octanol–water partition coefficient (Wildman–Crippen LogP) is 7.92. The Morgan fingerprint density at radius 3 is 1.31 bits per heavy atom. The molecule has 0 aromatic heterocycles. The summed E-state index contributed by atoms with van der Waals surface area (Å²) >= 11 is 0. The van der Waals surface area contributed by atoms with E-state index in [9.17, 15) is 19.8 Å². The minimum absolute atomic E-state index is 0.654. The smallest absolute Gasteiger partial charge is 0.313 e. The molecule has 0 saturated heterocycles. The first-order chi connectivity index (χ1) is 16.8. The van der Waals surface area contributed by atoms with Crippen LogP contribution in [-0.4, -0.2) is 22.2 Å². The molecule has 2 rings (SSSR count). The fourth-order valence-electron chi connectivity index (χ4n) is 4.61. The number of unbranched alkanes of at least 4 members (excludes halogenated alkanes) is 7. The first-order valence-electron chi connectivity index (χ1n) is 13.0. The third-order valence-electron chi connectivity index (χ3n) is 7.28. The molecule has 0 fully saturated rings. The lowest BCUT2D eigenvalue weighted by atomic mass is 9.78. The average Bonchev–Trinajstić information content (AvgIpc) is 2.87. The van der Waals surface area contributed by atoms with Crippen LogP contribution in [0.2, 0.25) is 0 Å². The van der Waals surface area contributed by atoms with Crippen molar-refractivity contribution in [3.05, 3.63) is 83.9 Å². The van der Waals surface area contributed by atoms with Crippen LogP contribution in [0.4, 0.5) is 0 Å². The molecule has 4 nitrogen and oxygen atoms in total. The Labute approximate surface area is 211 Å². The van der Waals surface area contributed by atoms with Gasteiger partial charge in [-0.2, -0.15) is 0 Å². The molecule has 0 spiro atoms. The number of benzene rings is 2. The molecule has 0 aliphatic rings. The molecular weight excluding hydrogens is 436 g/mol. The van der Waals surface area contributed by atoms with Gasteiger partial charge in [0, 0.05) is 0 Å². The van der Waals surface area contributed by atoms with Crippen LogP contribution in [0.25, 0.3) is 0 Å². The van der Waals surface area contributed by atoms with Gasteiger partial charge in [-0.25, -0.2) is 0 Å². The van der Waals surface area contributed by atoms with E-state index < -0.39 is 22.8 Å². The van der Waals surface area contributed by atoms with Crippen LogP contribution in [0, 0.1) is 0 Å². The van der Waals surface area contributed by atoms with Crippen LogP contribution in [0.1, 0.15) is 95.6 Å². The molecule has 2 aromatic rings. The molecule has 35 heavy (non-hydrogen) atoms. The Morgan fingerprint density at radius 1 is 0.600 bits per heavy atom. The monoisotopic (exact) mass is 478 g/mol. The number of allylic oxidation sites excluding steroid dienone is 2. The van der Waals surface area contributed by atoms with Gasteiger partial charge in [-0.05, 0) is 63.5 Å². The SMILES string of the molecule is CC(CCCCC/C=C\CCCCCCC(C)(C(=O)O)c1ccccc1)(C(=O)O)c1ccccc1. The fraction of sp³-hybridized carbons (Fsp3) is 0.484. The number of carboxylic acid groups (broad SMARTS) is 2. The van der Waals surface area contributed by atoms with Gasteiger partial charge in [0.15, 0.2) is 0 Å². The summed E-state index contributed by atoms with van der Waals surface area (Å²) in [5, 5.41) is 19.5. The van der Waals surface area contributed by atoms with Crippen molar-refractivity contribution in [2.45, 2.75) is 95.3 Å². The molecule has 0 aliphatic heterocycles. The molecule has 0 saturated carbocycles. The van der Waals surface area contributed by atoms with Gasteiger partial charge in [-0.1, -0.05) is 105 Å². The van der Waals surface area contributed by atoms with Gasteiger partial charge < -0.3 is 10.2 Å². The van der Waals surface area contributed by atoms with Crippen molar-refractivity contribution in [3.63, 3.8) is 0 Å². The number of hydrogen-bond donors (Lipinski definition) is 2. The third kappa shape index (κ3) is 8.69. The van der Waals surface area contributed by atoms with Gasteiger partial charge in [-0.3, -0.25) is 9.59 Å². The van der Waals surface area contributed by atoms with Crippen molar-refractivity contribution >= 4 is 11.9 Å². The van der Waals surface area contributed by atoms with Crippen LogP contribution in [0.15, 0.2) is 72.8 Å². The van der Waals surface area contributed by atoms with E-state index >= 15 is 0 Å². The number of carbonyl (C=O) groups is 2. The Balaban J connectivity index is 1.56. The lowest BCUT2D eigenvalue weighted by Gasteiger charge is -2.25. The minimum atomic E-state index is -0.819. The molecule has 2 aromatic carbocycles. The first-order valence-corrected chi connectivity index (χ1v) is 13.0. The molecule has 0 bridgehead atoms. The van der Waals surface area contributed by atoms with E-state index in [1.807, 2.05) is 74.5 Å². The van der Waals surface area contributed by atoms with Gasteiger partial charge >= 0.3 is 11.9 Å². The van der Waals surface area contributed by atoms with Crippen molar-refractivity contribution in [1.82, 2.24) is 0 Å². The molecule has 0 aliphatic carbocycles. The zero-order valence-corrected chi connectivity index (χ0v) is 21.4. The lowest BCUT2D eigenvalue weighted by molar-refractivity contribution is -0.144. The quantitative estimate of drug-likeness (QED) is 0.179. The number of hydrogen-bond acceptors (Lipinski definition) is 2. The highest BCUT2D eigenvalue weighted by Crippen LogP contribution is 2.31. The van der Waals surface area contributed by atoms with Crippen molar-refractivity contribution in [3.8, 4) is 0 Å². The van der Waals surface area contributed by atoms with E-state index in [-0.39, 0.29) is 0 Å². The maximum absolute atomic E-state index is 11.9. The highest BCUT2D eigenvalue weighted by molar-refractivity contribution is 5.81. The molecule has 0 amide bonds. The molecule has 2 atom stereocenters. The standard InChI is InChI=1S/C31H42O4/c1-30(28(32)33,26-20-14-12-15-21-26)24-18-10-8-6-4-3-5-7-9-11-19-25-31(2,29(34)35)27-22-16-13-17-23-27/h3-4,12-17,20-23H,5-11,18-19,24-25H2,1-2H3,(H,32,33)(H,34,35)/b4-3-. The molecule has 0 heterocycles. The van der Waals surface area contributed by atoms with Crippen LogP contribution >= 0.6 is 0 Å². The number of carboxylic acids is 2. The van der Waals surface area contributed by atoms with Crippen molar-refractivity contribution in [1.29, 1.82) is 0 Å². The second kappa shape index (κ2) is 14.5. The molecule has 4 heteroatoms. The van der Waals surface area contributed by atoms with E-state index in [4.69, 9.17) is 0 Å². The molecule has 2 N–H and O–H groups in total. The normalized spacial score (nSPS) is 14.9. The molecule has 190 valence electrons. The highest BCUT2D eigenvalue weighted by Gasteiger charge is 2.35. The third-order valence-corrected chi connectivity index (χ3v) is 7.28. The summed E-state index contributed by atoms with van der Waals surface area (Å²) in [6.45, 7) is 3.66. The summed E-state index contributed by atoms with van der Waals surface area (Å²) in [6, 6.07) is 19.1. The van der Waals surface area contributed by atoms with Crippen molar-refractivity contribution in [2.24, 2.45) is 0 Å². The fourth-order valence-corrected chi connectivity index (χ4v) is 4.61. The van der Waals surface area contributed by atoms with E-state index in [1.54, 1.807) is 0 Å². The predicted molar refractivity (Wildman–Crippen MR) is 143 cm³/mol. The zero-order valence-electron chi connectivity index (χ0n) is 21.4. The second-order valence-electron chi connectivity index (χ2n) is 10.0. The molecule has 0 radical (unpaired) electrons. The maximum Gasteiger partial charge on any atom is 0.313 e. The Hall–Kier alpha value is -2.88. The van der Waals surface area contributed by atoms with Crippen molar-refractivity contribution < 1.29 is 19.8 Å². The zero-order chi connectivity index (χ0) is 25.6. The van der Waals surface area contributed by atoms with E-state index in [0.717, 1.165) is 68.9 Å². The van der Waals surface area contributed by atoms with E-state index in [2.05, 4.69) is 12.2 Å². The van der Waals surface area contributed by atoms with Crippen LogP contribution in [0.5, 0.6) is 0 Å². The van der Waals surface area contributed by atoms with Crippen LogP contribution in [-0.2, 0) is 20.4 Å². The maximum atomic E-state index is 11.9. The van der Waals surface area contributed by atoms with Gasteiger partial charge in [-0.15, -0.1) is 0 Å². The highest BCUT2D eigenvalue weighted by atomic mass is 16.4. The van der Waals surface area contributed by atoms with Crippen LogP contribution in [0.3, 0.4) is 0 Å². The number of rotatable bonds is 17. The summed E-state index contributed by atoms with van der Waals surface area (Å²) in [4.78, 5) is 23.7.